The number of carbonyl (C=O) groups is 1. The molecule has 0 aromatic heterocycles. The quantitative estimate of drug-likeness (QED) is 0.854. The number of halogens is 1. The number of hydrogen-bond donors (Lipinski definition) is 0. The second kappa shape index (κ2) is 5.29. The minimum Gasteiger partial charge on any atom is -0.496 e. The van der Waals surface area contributed by atoms with Gasteiger partial charge in [-0.3, -0.25) is 4.79 Å². The molecule has 2 nitrogen and oxygen atoms in total. The van der Waals surface area contributed by atoms with Crippen molar-refractivity contribution in [3.05, 3.63) is 64.2 Å². The molecular weight excluding hydrogens is 272 g/mol. The maximum atomic E-state index is 12.4. The SMILES string of the molecule is COc1ccc(Cl)cc1CC1Cc2ccccc2C1=O. The molecule has 3 rings (SSSR count). The van der Waals surface area contributed by atoms with E-state index in [0.717, 1.165) is 28.9 Å². The van der Waals surface area contributed by atoms with Gasteiger partial charge in [0.15, 0.2) is 5.78 Å². The van der Waals surface area contributed by atoms with Crippen LogP contribution in [0.25, 0.3) is 0 Å². The number of fused-ring (bicyclic) bond motifs is 1. The fourth-order valence-corrected chi connectivity index (χ4v) is 3.05. The number of ether oxygens (including phenoxy) is 1. The molecule has 0 amide bonds. The van der Waals surface area contributed by atoms with Gasteiger partial charge < -0.3 is 4.74 Å². The zero-order valence-corrected chi connectivity index (χ0v) is 12.0. The van der Waals surface area contributed by atoms with E-state index in [2.05, 4.69) is 0 Å². The molecule has 0 saturated heterocycles. The Hall–Kier alpha value is -1.80. The van der Waals surface area contributed by atoms with Crippen molar-refractivity contribution in [1.82, 2.24) is 0 Å². The third-order valence-corrected chi connectivity index (χ3v) is 4.06. The van der Waals surface area contributed by atoms with Gasteiger partial charge in [0.05, 0.1) is 7.11 Å². The van der Waals surface area contributed by atoms with E-state index in [1.807, 2.05) is 36.4 Å². The maximum Gasteiger partial charge on any atom is 0.166 e. The Labute approximate surface area is 123 Å². The van der Waals surface area contributed by atoms with Crippen molar-refractivity contribution in [3.8, 4) is 5.75 Å². The summed E-state index contributed by atoms with van der Waals surface area (Å²) in [6, 6.07) is 13.4. The van der Waals surface area contributed by atoms with Crippen LogP contribution in [0, 0.1) is 5.92 Å². The van der Waals surface area contributed by atoms with E-state index < -0.39 is 0 Å². The summed E-state index contributed by atoms with van der Waals surface area (Å²) in [6.07, 6.45) is 1.46. The summed E-state index contributed by atoms with van der Waals surface area (Å²) in [4.78, 5) is 12.4. The van der Waals surface area contributed by atoms with E-state index >= 15 is 0 Å². The van der Waals surface area contributed by atoms with Gasteiger partial charge in [0.2, 0.25) is 0 Å². The van der Waals surface area contributed by atoms with Crippen LogP contribution in [-0.2, 0) is 12.8 Å². The number of carbonyl (C=O) groups excluding carboxylic acids is 1. The molecule has 0 N–H and O–H groups in total. The van der Waals surface area contributed by atoms with E-state index in [9.17, 15) is 4.79 Å². The molecular formula is C17H15ClO2. The zero-order chi connectivity index (χ0) is 14.1. The van der Waals surface area contributed by atoms with Gasteiger partial charge in [0.1, 0.15) is 5.75 Å². The molecule has 0 saturated carbocycles. The highest BCUT2D eigenvalue weighted by Gasteiger charge is 2.30. The number of hydrogen-bond acceptors (Lipinski definition) is 2. The summed E-state index contributed by atoms with van der Waals surface area (Å²) in [5.74, 6) is 1.00. The Bertz CT molecular complexity index is 664. The van der Waals surface area contributed by atoms with Gasteiger partial charge in [-0.25, -0.2) is 0 Å². The normalized spacial score (nSPS) is 17.1. The molecule has 2 aromatic rings. The Kier molecular flexibility index (Phi) is 3.49. The van der Waals surface area contributed by atoms with E-state index in [4.69, 9.17) is 16.3 Å². The van der Waals surface area contributed by atoms with Crippen molar-refractivity contribution in [3.63, 3.8) is 0 Å². The van der Waals surface area contributed by atoms with Crippen molar-refractivity contribution >= 4 is 17.4 Å². The van der Waals surface area contributed by atoms with Gasteiger partial charge in [0, 0.05) is 16.5 Å². The van der Waals surface area contributed by atoms with Gasteiger partial charge in [-0.15, -0.1) is 0 Å². The summed E-state index contributed by atoms with van der Waals surface area (Å²) in [6.45, 7) is 0. The maximum absolute atomic E-state index is 12.4. The van der Waals surface area contributed by atoms with Crippen LogP contribution in [0.5, 0.6) is 5.75 Å². The van der Waals surface area contributed by atoms with Gasteiger partial charge >= 0.3 is 0 Å². The van der Waals surface area contributed by atoms with Gasteiger partial charge in [-0.2, -0.15) is 0 Å². The van der Waals surface area contributed by atoms with Crippen LogP contribution in [0.4, 0.5) is 0 Å². The van der Waals surface area contributed by atoms with Crippen LogP contribution in [0.3, 0.4) is 0 Å². The summed E-state index contributed by atoms with van der Waals surface area (Å²) in [7, 11) is 1.64. The van der Waals surface area contributed by atoms with E-state index in [0.29, 0.717) is 11.4 Å². The predicted octanol–water partition coefficient (Wildman–Crippen LogP) is 3.95. The minimum atomic E-state index is -0.0141. The van der Waals surface area contributed by atoms with Crippen molar-refractivity contribution in [2.45, 2.75) is 12.8 Å². The van der Waals surface area contributed by atoms with Crippen molar-refractivity contribution in [2.75, 3.05) is 7.11 Å². The Balaban J connectivity index is 1.87. The average Bonchev–Trinajstić information content (AvgIpc) is 2.76. The number of Topliss-reactive ketones (excluding diaryl/α,β-unsaturated/α-hetero) is 1. The molecule has 20 heavy (non-hydrogen) atoms. The fourth-order valence-electron chi connectivity index (χ4n) is 2.85. The Morgan fingerprint density at radius 1 is 1.25 bits per heavy atom. The number of methoxy groups -OCH3 is 1. The van der Waals surface area contributed by atoms with Crippen LogP contribution in [0.2, 0.25) is 5.02 Å². The molecule has 2 aromatic carbocycles. The number of benzene rings is 2. The lowest BCUT2D eigenvalue weighted by Crippen LogP contribution is -2.12. The molecule has 102 valence electrons. The largest absolute Gasteiger partial charge is 0.496 e. The third kappa shape index (κ3) is 2.32. The fraction of sp³-hybridized carbons (Fsp3) is 0.235. The Morgan fingerprint density at radius 3 is 2.80 bits per heavy atom. The van der Waals surface area contributed by atoms with Gasteiger partial charge in [0.25, 0.3) is 0 Å². The molecule has 0 spiro atoms. The summed E-state index contributed by atoms with van der Waals surface area (Å²) < 4.78 is 5.35. The van der Waals surface area contributed by atoms with Crippen LogP contribution in [0.15, 0.2) is 42.5 Å². The first-order valence-corrected chi connectivity index (χ1v) is 7.01. The summed E-state index contributed by atoms with van der Waals surface area (Å²) in [5.41, 5.74) is 2.99. The first-order chi connectivity index (χ1) is 9.69. The van der Waals surface area contributed by atoms with Gasteiger partial charge in [-0.1, -0.05) is 35.9 Å². The minimum absolute atomic E-state index is 0.0141. The molecule has 3 heteroatoms. The Morgan fingerprint density at radius 2 is 2.05 bits per heavy atom. The first-order valence-electron chi connectivity index (χ1n) is 6.63. The lowest BCUT2D eigenvalue weighted by Gasteiger charge is -2.12. The lowest BCUT2D eigenvalue weighted by molar-refractivity contribution is 0.0936. The molecule has 0 heterocycles. The molecule has 0 fully saturated rings. The van der Waals surface area contributed by atoms with E-state index in [1.54, 1.807) is 13.2 Å². The summed E-state index contributed by atoms with van der Waals surface area (Å²) in [5, 5.41) is 0.670. The van der Waals surface area contributed by atoms with Gasteiger partial charge in [-0.05, 0) is 42.2 Å². The molecule has 1 aliphatic carbocycles. The molecule has 1 unspecified atom stereocenters. The van der Waals surface area contributed by atoms with Crippen LogP contribution < -0.4 is 4.74 Å². The molecule has 1 aliphatic rings. The first kappa shape index (κ1) is 13.2. The highest BCUT2D eigenvalue weighted by atomic mass is 35.5. The molecule has 0 aliphatic heterocycles. The number of rotatable bonds is 3. The standard InChI is InChI=1S/C17H15ClO2/c1-20-16-7-6-14(18)10-12(16)9-13-8-11-4-2-3-5-15(11)17(13)19/h2-7,10,13H,8-9H2,1H3. The van der Waals surface area contributed by atoms with Crippen molar-refractivity contribution in [1.29, 1.82) is 0 Å². The van der Waals surface area contributed by atoms with Crippen molar-refractivity contribution in [2.24, 2.45) is 5.92 Å². The second-order valence-electron chi connectivity index (χ2n) is 5.08. The number of ketones is 1. The summed E-state index contributed by atoms with van der Waals surface area (Å²) >= 11 is 6.04. The highest BCUT2D eigenvalue weighted by Crippen LogP contribution is 2.32. The van der Waals surface area contributed by atoms with Crippen LogP contribution in [-0.4, -0.2) is 12.9 Å². The second-order valence-corrected chi connectivity index (χ2v) is 5.52. The average molecular weight is 287 g/mol. The van der Waals surface area contributed by atoms with Crippen LogP contribution in [0.1, 0.15) is 21.5 Å². The van der Waals surface area contributed by atoms with E-state index in [-0.39, 0.29) is 11.7 Å². The molecule has 0 bridgehead atoms. The zero-order valence-electron chi connectivity index (χ0n) is 11.2. The molecule has 0 radical (unpaired) electrons. The predicted molar refractivity (Wildman–Crippen MR) is 79.7 cm³/mol. The smallest absolute Gasteiger partial charge is 0.166 e. The molecule has 1 atom stereocenters. The van der Waals surface area contributed by atoms with E-state index in [1.165, 1.54) is 0 Å². The van der Waals surface area contributed by atoms with Crippen molar-refractivity contribution < 1.29 is 9.53 Å². The third-order valence-electron chi connectivity index (χ3n) is 3.83. The van der Waals surface area contributed by atoms with Crippen LogP contribution >= 0.6 is 11.6 Å². The lowest BCUT2D eigenvalue weighted by atomic mass is 9.95. The highest BCUT2D eigenvalue weighted by molar-refractivity contribution is 6.30. The monoisotopic (exact) mass is 286 g/mol. The topological polar surface area (TPSA) is 26.3 Å².